The molecule has 14 heteroatoms. The third-order valence-electron chi connectivity index (χ3n) is 8.10. The Morgan fingerprint density at radius 3 is 2.70 bits per heavy atom. The predicted molar refractivity (Wildman–Crippen MR) is 157 cm³/mol. The minimum atomic E-state index is -4.26. The van der Waals surface area contributed by atoms with Gasteiger partial charge in [-0.15, -0.1) is 0 Å². The standard InChI is InChI=1S/C29H40N5O8P/c1-18(27(37)40-20-11-8-14-28(2,3)15-20)33-43(38,42-19-9-6-5-7-10-19)39-16-29(4)25(36)23(35)24(41-29)21-12-13-22-26(30)31-17-32-34(21)22/h5-7,9-10,12-13,17-18,20,23-25,35-36H,8,11,14-16H2,1-4H3,(H,33,38)(H2,30,31,32)/t18-,20?,23-,24-,25-,29+,43?/m0/s1. The zero-order chi connectivity index (χ0) is 31.0. The summed E-state index contributed by atoms with van der Waals surface area (Å²) in [5.41, 5.74) is 5.43. The molecule has 3 heterocycles. The molecule has 2 fully saturated rings. The molecule has 1 aliphatic carbocycles. The van der Waals surface area contributed by atoms with Crippen LogP contribution in [0.15, 0.2) is 48.8 Å². The van der Waals surface area contributed by atoms with E-state index in [1.807, 2.05) is 0 Å². The average molecular weight is 618 g/mol. The summed E-state index contributed by atoms with van der Waals surface area (Å²) in [5, 5.41) is 28.9. The van der Waals surface area contributed by atoms with Crippen molar-refractivity contribution < 1.29 is 38.1 Å². The number of aromatic nitrogens is 3. The van der Waals surface area contributed by atoms with Gasteiger partial charge in [0.1, 0.15) is 53.7 Å². The Labute approximate surface area is 250 Å². The smallest absolute Gasteiger partial charge is 0.459 e. The van der Waals surface area contributed by atoms with Gasteiger partial charge in [-0.05, 0) is 69.2 Å². The van der Waals surface area contributed by atoms with Crippen molar-refractivity contribution in [2.45, 2.75) is 89.4 Å². The lowest BCUT2D eigenvalue weighted by Gasteiger charge is -2.35. The first-order chi connectivity index (χ1) is 20.3. The fourth-order valence-corrected chi connectivity index (χ4v) is 7.29. The summed E-state index contributed by atoms with van der Waals surface area (Å²) in [6.07, 6.45) is 0.735. The molecule has 13 nitrogen and oxygen atoms in total. The largest absolute Gasteiger partial charge is 0.461 e. The first-order valence-electron chi connectivity index (χ1n) is 14.4. The summed E-state index contributed by atoms with van der Waals surface area (Å²) >= 11 is 0. The van der Waals surface area contributed by atoms with E-state index in [-0.39, 0.29) is 23.1 Å². The first kappa shape index (κ1) is 31.4. The maximum Gasteiger partial charge on any atom is 0.459 e. The number of fused-ring (bicyclic) bond motifs is 1. The highest BCUT2D eigenvalue weighted by Crippen LogP contribution is 2.48. The lowest BCUT2D eigenvalue weighted by atomic mass is 9.76. The number of hydrogen-bond donors (Lipinski definition) is 4. The van der Waals surface area contributed by atoms with E-state index in [9.17, 15) is 19.6 Å². The topological polar surface area (TPSA) is 180 Å². The molecule has 2 aliphatic rings. The van der Waals surface area contributed by atoms with Gasteiger partial charge < -0.3 is 29.9 Å². The van der Waals surface area contributed by atoms with Gasteiger partial charge in [-0.3, -0.25) is 9.32 Å². The third-order valence-corrected chi connectivity index (χ3v) is 9.72. The molecular weight excluding hydrogens is 577 g/mol. The lowest BCUT2D eigenvalue weighted by molar-refractivity contribution is -0.154. The zero-order valence-electron chi connectivity index (χ0n) is 24.8. The second-order valence-corrected chi connectivity index (χ2v) is 14.0. The molecule has 1 saturated heterocycles. The van der Waals surface area contributed by atoms with Crippen LogP contribution in [0.5, 0.6) is 5.75 Å². The molecule has 2 aromatic heterocycles. The number of ether oxygens (including phenoxy) is 2. The van der Waals surface area contributed by atoms with E-state index < -0.39 is 50.3 Å². The lowest BCUT2D eigenvalue weighted by Crippen LogP contribution is -2.45. The summed E-state index contributed by atoms with van der Waals surface area (Å²) in [4.78, 5) is 17.0. The monoisotopic (exact) mass is 617 g/mol. The molecule has 0 radical (unpaired) electrons. The van der Waals surface area contributed by atoms with Crippen LogP contribution in [0.1, 0.15) is 65.2 Å². The summed E-state index contributed by atoms with van der Waals surface area (Å²) < 4.78 is 39.1. The van der Waals surface area contributed by atoms with Crippen molar-refractivity contribution in [3.8, 4) is 5.75 Å². The molecule has 234 valence electrons. The van der Waals surface area contributed by atoms with Crippen LogP contribution >= 0.6 is 7.75 Å². The van der Waals surface area contributed by atoms with Crippen molar-refractivity contribution in [1.82, 2.24) is 19.7 Å². The Bertz CT molecular complexity index is 1490. The van der Waals surface area contributed by atoms with Crippen LogP contribution in [0.25, 0.3) is 5.52 Å². The summed E-state index contributed by atoms with van der Waals surface area (Å²) in [7, 11) is -4.26. The summed E-state index contributed by atoms with van der Waals surface area (Å²) in [6.45, 7) is 6.88. The van der Waals surface area contributed by atoms with Gasteiger partial charge in [0.05, 0.1) is 12.3 Å². The van der Waals surface area contributed by atoms with E-state index in [1.165, 1.54) is 24.7 Å². The van der Waals surface area contributed by atoms with E-state index in [2.05, 4.69) is 29.0 Å². The highest BCUT2D eigenvalue weighted by molar-refractivity contribution is 7.52. The number of nitrogen functional groups attached to an aromatic ring is 1. The molecule has 5 rings (SSSR count). The van der Waals surface area contributed by atoms with Crippen molar-refractivity contribution in [2.75, 3.05) is 12.3 Å². The van der Waals surface area contributed by atoms with Gasteiger partial charge >= 0.3 is 13.7 Å². The van der Waals surface area contributed by atoms with Crippen LogP contribution in [0.2, 0.25) is 0 Å². The molecule has 0 amide bonds. The van der Waals surface area contributed by atoms with E-state index >= 15 is 0 Å². The minimum absolute atomic E-state index is 0.0708. The van der Waals surface area contributed by atoms with Crippen LogP contribution in [-0.4, -0.2) is 67.3 Å². The normalized spacial score (nSPS) is 29.2. The van der Waals surface area contributed by atoms with Crippen molar-refractivity contribution in [3.05, 3.63) is 54.5 Å². The fourth-order valence-electron chi connectivity index (χ4n) is 5.71. The van der Waals surface area contributed by atoms with Gasteiger partial charge in [-0.25, -0.2) is 14.1 Å². The third kappa shape index (κ3) is 6.87. The Morgan fingerprint density at radius 2 is 1.98 bits per heavy atom. The number of para-hydroxylation sites is 1. The molecule has 43 heavy (non-hydrogen) atoms. The average Bonchev–Trinajstić information content (AvgIpc) is 3.48. The van der Waals surface area contributed by atoms with Crippen molar-refractivity contribution in [1.29, 1.82) is 0 Å². The molecule has 1 aliphatic heterocycles. The van der Waals surface area contributed by atoms with Gasteiger partial charge in [0.2, 0.25) is 0 Å². The molecule has 2 unspecified atom stereocenters. The molecule has 3 aromatic rings. The predicted octanol–water partition coefficient (Wildman–Crippen LogP) is 3.56. The van der Waals surface area contributed by atoms with Crippen molar-refractivity contribution >= 4 is 25.1 Å². The Morgan fingerprint density at radius 1 is 1.23 bits per heavy atom. The van der Waals surface area contributed by atoms with Gasteiger partial charge in [0.15, 0.2) is 5.82 Å². The Hall–Kier alpha value is -3.06. The maximum absolute atomic E-state index is 14.1. The van der Waals surface area contributed by atoms with Crippen LogP contribution in [-0.2, 0) is 23.4 Å². The highest BCUT2D eigenvalue weighted by Gasteiger charge is 2.54. The molecular formula is C29H40N5O8P. The van der Waals surface area contributed by atoms with E-state index in [0.717, 1.165) is 25.7 Å². The number of aliphatic hydroxyl groups is 2. The van der Waals surface area contributed by atoms with Crippen LogP contribution < -0.4 is 15.3 Å². The number of esters is 1. The van der Waals surface area contributed by atoms with Crippen LogP contribution in [0.3, 0.4) is 0 Å². The number of nitrogens with two attached hydrogens (primary N) is 1. The fraction of sp³-hybridized carbons (Fsp3) is 0.552. The number of aliphatic hydroxyl groups excluding tert-OH is 2. The number of rotatable bonds is 10. The molecule has 1 aromatic carbocycles. The summed E-state index contributed by atoms with van der Waals surface area (Å²) in [5.74, 6) is -0.102. The quantitative estimate of drug-likeness (QED) is 0.192. The number of hydrogen-bond acceptors (Lipinski definition) is 11. The van der Waals surface area contributed by atoms with Crippen molar-refractivity contribution in [2.24, 2.45) is 5.41 Å². The van der Waals surface area contributed by atoms with Gasteiger partial charge in [0.25, 0.3) is 0 Å². The van der Waals surface area contributed by atoms with E-state index in [4.69, 9.17) is 24.3 Å². The van der Waals surface area contributed by atoms with Gasteiger partial charge in [-0.1, -0.05) is 32.0 Å². The summed E-state index contributed by atoms with van der Waals surface area (Å²) in [6, 6.07) is 10.7. The molecule has 5 N–H and O–H groups in total. The number of carbonyl (C=O) groups excluding carboxylic acids is 1. The second-order valence-electron chi connectivity index (χ2n) is 12.3. The number of nitrogens with one attached hydrogen (secondary N) is 1. The SMILES string of the molecule is C[C@H](NP(=O)(OC[C@@]1(C)O[C@@H](c2ccc3c(N)ncnn23)[C@H](O)[C@@H]1O)Oc1ccccc1)C(=O)OC1CCCC(C)(C)C1. The van der Waals surface area contributed by atoms with Gasteiger partial charge in [-0.2, -0.15) is 10.2 Å². The van der Waals surface area contributed by atoms with Gasteiger partial charge in [0, 0.05) is 0 Å². The van der Waals surface area contributed by atoms with E-state index in [0.29, 0.717) is 11.2 Å². The van der Waals surface area contributed by atoms with Crippen LogP contribution in [0, 0.1) is 5.41 Å². The maximum atomic E-state index is 14.1. The zero-order valence-corrected chi connectivity index (χ0v) is 25.6. The molecule has 7 atom stereocenters. The molecule has 0 bridgehead atoms. The molecule has 1 saturated carbocycles. The first-order valence-corrected chi connectivity index (χ1v) is 15.9. The molecule has 0 spiro atoms. The Kier molecular flexibility index (Phi) is 8.86. The number of benzene rings is 1. The number of anilines is 1. The number of nitrogens with zero attached hydrogens (tertiary/aromatic N) is 3. The number of carbonyl (C=O) groups is 1. The Balaban J connectivity index is 1.31. The van der Waals surface area contributed by atoms with Crippen LogP contribution in [0.4, 0.5) is 5.82 Å². The minimum Gasteiger partial charge on any atom is -0.461 e. The second kappa shape index (κ2) is 12.1. The van der Waals surface area contributed by atoms with E-state index in [1.54, 1.807) is 42.5 Å². The highest BCUT2D eigenvalue weighted by atomic mass is 31.2. The van der Waals surface area contributed by atoms with Crippen molar-refractivity contribution in [3.63, 3.8) is 0 Å².